The van der Waals surface area contributed by atoms with Gasteiger partial charge in [0.15, 0.2) is 0 Å². The Morgan fingerprint density at radius 1 is 1.11 bits per heavy atom. The van der Waals surface area contributed by atoms with Gasteiger partial charge in [-0.2, -0.15) is 5.26 Å². The van der Waals surface area contributed by atoms with E-state index in [4.69, 9.17) is 10.00 Å². The molecule has 2 rings (SSSR count). The van der Waals surface area contributed by atoms with E-state index < -0.39 is 0 Å². The molecule has 1 aromatic carbocycles. The average Bonchev–Trinajstić information content (AvgIpc) is 2.47. The molecule has 102 valence electrons. The van der Waals surface area contributed by atoms with Crippen LogP contribution in [0.1, 0.15) is 31.2 Å². The highest BCUT2D eigenvalue weighted by Gasteiger charge is 2.08. The highest BCUT2D eigenvalue weighted by atomic mass is 16.5. The van der Waals surface area contributed by atoms with E-state index in [1.807, 2.05) is 24.3 Å². The Morgan fingerprint density at radius 2 is 1.84 bits per heavy atom. The van der Waals surface area contributed by atoms with Crippen molar-refractivity contribution in [2.75, 3.05) is 26.2 Å². The molecule has 1 heterocycles. The van der Waals surface area contributed by atoms with E-state index in [9.17, 15) is 0 Å². The van der Waals surface area contributed by atoms with E-state index in [1.165, 1.54) is 32.4 Å². The number of ether oxygens (including phenoxy) is 1. The number of rotatable bonds is 6. The molecule has 0 saturated carbocycles. The minimum absolute atomic E-state index is 0.467. The zero-order chi connectivity index (χ0) is 13.3. The van der Waals surface area contributed by atoms with Crippen LogP contribution in [-0.4, -0.2) is 31.1 Å². The summed E-state index contributed by atoms with van der Waals surface area (Å²) < 4.78 is 5.72. The normalized spacial score (nSPS) is 15.9. The Hall–Kier alpha value is -1.53. The Labute approximate surface area is 115 Å². The minimum atomic E-state index is 0.467. The quantitative estimate of drug-likeness (QED) is 0.736. The predicted molar refractivity (Wildman–Crippen MR) is 76.2 cm³/mol. The van der Waals surface area contributed by atoms with Crippen LogP contribution in [0.4, 0.5) is 0 Å². The van der Waals surface area contributed by atoms with Crippen LogP contribution < -0.4 is 4.74 Å². The third kappa shape index (κ3) is 4.92. The van der Waals surface area contributed by atoms with Crippen molar-refractivity contribution in [2.45, 2.75) is 32.1 Å². The van der Waals surface area contributed by atoms with Gasteiger partial charge in [0.05, 0.1) is 19.1 Å². The molecule has 0 radical (unpaired) electrons. The molecule has 0 unspecified atom stereocenters. The lowest BCUT2D eigenvalue weighted by molar-refractivity contribution is 0.205. The molecule has 3 nitrogen and oxygen atoms in total. The molecular formula is C16H22N2O. The van der Waals surface area contributed by atoms with Gasteiger partial charge in [-0.15, -0.1) is 0 Å². The van der Waals surface area contributed by atoms with Gasteiger partial charge in [0.2, 0.25) is 0 Å². The number of piperidine rings is 1. The second-order valence-electron chi connectivity index (χ2n) is 5.08. The maximum Gasteiger partial charge on any atom is 0.119 e. The first-order valence-electron chi connectivity index (χ1n) is 7.19. The molecule has 1 fully saturated rings. The van der Waals surface area contributed by atoms with Crippen molar-refractivity contribution in [3.63, 3.8) is 0 Å². The fraction of sp³-hybridized carbons (Fsp3) is 0.562. The van der Waals surface area contributed by atoms with Crippen LogP contribution in [0.2, 0.25) is 0 Å². The lowest BCUT2D eigenvalue weighted by atomic mass is 10.1. The van der Waals surface area contributed by atoms with Gasteiger partial charge in [0.1, 0.15) is 5.75 Å². The van der Waals surface area contributed by atoms with E-state index in [2.05, 4.69) is 11.0 Å². The average molecular weight is 258 g/mol. The zero-order valence-corrected chi connectivity index (χ0v) is 11.5. The molecule has 0 aromatic heterocycles. The Bertz CT molecular complexity index is 402. The van der Waals surface area contributed by atoms with Crippen molar-refractivity contribution in [1.82, 2.24) is 4.90 Å². The number of nitriles is 1. The molecule has 0 atom stereocenters. The van der Waals surface area contributed by atoms with Gasteiger partial charge in [-0.05, 0) is 50.0 Å². The fourth-order valence-corrected chi connectivity index (χ4v) is 2.46. The van der Waals surface area contributed by atoms with Crippen molar-refractivity contribution in [3.8, 4) is 11.8 Å². The summed E-state index contributed by atoms with van der Waals surface area (Å²) >= 11 is 0. The number of hydrogen-bond donors (Lipinski definition) is 0. The molecular weight excluding hydrogens is 236 g/mol. The second-order valence-corrected chi connectivity index (χ2v) is 5.08. The summed E-state index contributed by atoms with van der Waals surface area (Å²) in [6, 6.07) is 9.97. The third-order valence-electron chi connectivity index (χ3n) is 3.54. The summed E-state index contributed by atoms with van der Waals surface area (Å²) in [5.74, 6) is 0.903. The second kappa shape index (κ2) is 7.81. The summed E-state index contributed by atoms with van der Waals surface area (Å²) in [5, 5.41) is 8.60. The van der Waals surface area contributed by atoms with Gasteiger partial charge in [0.25, 0.3) is 0 Å². The van der Waals surface area contributed by atoms with Crippen LogP contribution in [0.3, 0.4) is 0 Å². The molecule has 19 heavy (non-hydrogen) atoms. The first-order valence-corrected chi connectivity index (χ1v) is 7.19. The third-order valence-corrected chi connectivity index (χ3v) is 3.54. The smallest absolute Gasteiger partial charge is 0.119 e. The molecule has 0 N–H and O–H groups in total. The van der Waals surface area contributed by atoms with Crippen LogP contribution in [0.15, 0.2) is 24.3 Å². The summed E-state index contributed by atoms with van der Waals surface area (Å²) in [5.41, 5.74) is 1.04. The Balaban J connectivity index is 1.63. The van der Waals surface area contributed by atoms with Gasteiger partial charge >= 0.3 is 0 Å². The molecule has 1 aliphatic rings. The number of hydrogen-bond acceptors (Lipinski definition) is 3. The van der Waals surface area contributed by atoms with E-state index in [1.54, 1.807) is 0 Å². The lowest BCUT2D eigenvalue weighted by Crippen LogP contribution is -2.31. The van der Waals surface area contributed by atoms with Crippen LogP contribution >= 0.6 is 0 Å². The van der Waals surface area contributed by atoms with Crippen molar-refractivity contribution in [2.24, 2.45) is 0 Å². The van der Waals surface area contributed by atoms with Gasteiger partial charge in [-0.25, -0.2) is 0 Å². The van der Waals surface area contributed by atoms with E-state index in [-0.39, 0.29) is 0 Å². The van der Waals surface area contributed by atoms with Gasteiger partial charge < -0.3 is 9.64 Å². The van der Waals surface area contributed by atoms with Crippen molar-refractivity contribution in [3.05, 3.63) is 29.8 Å². The van der Waals surface area contributed by atoms with Crippen molar-refractivity contribution in [1.29, 1.82) is 5.26 Å². The monoisotopic (exact) mass is 258 g/mol. The molecule has 0 amide bonds. The molecule has 0 spiro atoms. The number of likely N-dealkylation sites (tertiary alicyclic amines) is 1. The maximum absolute atomic E-state index is 8.60. The summed E-state index contributed by atoms with van der Waals surface area (Å²) in [6.07, 6.45) is 5.64. The Kier molecular flexibility index (Phi) is 5.71. The van der Waals surface area contributed by atoms with Gasteiger partial charge in [-0.3, -0.25) is 0 Å². The number of nitrogens with zero attached hydrogens (tertiary/aromatic N) is 2. The molecule has 0 bridgehead atoms. The number of benzene rings is 1. The summed E-state index contributed by atoms with van der Waals surface area (Å²) in [6.45, 7) is 4.42. The topological polar surface area (TPSA) is 36.3 Å². The van der Waals surface area contributed by atoms with E-state index in [0.717, 1.165) is 30.9 Å². The van der Waals surface area contributed by atoms with Crippen LogP contribution in [0.25, 0.3) is 0 Å². The fourth-order valence-electron chi connectivity index (χ4n) is 2.46. The zero-order valence-electron chi connectivity index (χ0n) is 11.5. The van der Waals surface area contributed by atoms with Gasteiger partial charge in [0, 0.05) is 6.54 Å². The van der Waals surface area contributed by atoms with Crippen LogP contribution in [0, 0.1) is 11.3 Å². The maximum atomic E-state index is 8.60. The van der Waals surface area contributed by atoms with E-state index in [0.29, 0.717) is 6.42 Å². The van der Waals surface area contributed by atoms with E-state index >= 15 is 0 Å². The lowest BCUT2D eigenvalue weighted by Gasteiger charge is -2.26. The van der Waals surface area contributed by atoms with Crippen LogP contribution in [0.5, 0.6) is 5.75 Å². The Morgan fingerprint density at radius 3 is 2.53 bits per heavy atom. The molecule has 1 aromatic rings. The molecule has 1 saturated heterocycles. The molecule has 1 aliphatic heterocycles. The van der Waals surface area contributed by atoms with Gasteiger partial charge in [-0.1, -0.05) is 18.6 Å². The predicted octanol–water partition coefficient (Wildman–Crippen LogP) is 3.01. The summed E-state index contributed by atoms with van der Waals surface area (Å²) in [4.78, 5) is 2.53. The largest absolute Gasteiger partial charge is 0.494 e. The van der Waals surface area contributed by atoms with Crippen LogP contribution in [-0.2, 0) is 6.42 Å². The van der Waals surface area contributed by atoms with Crippen molar-refractivity contribution < 1.29 is 4.74 Å². The standard InChI is InChI=1S/C16H22N2O/c17-10-9-15-5-7-16(8-6-15)19-14-4-13-18-11-2-1-3-12-18/h5-8H,1-4,9,11-14H2. The first kappa shape index (κ1) is 13.9. The summed E-state index contributed by atoms with van der Waals surface area (Å²) in [7, 11) is 0. The molecule has 3 heteroatoms. The highest BCUT2D eigenvalue weighted by molar-refractivity contribution is 5.28. The minimum Gasteiger partial charge on any atom is -0.494 e. The SMILES string of the molecule is N#CCc1ccc(OCCCN2CCCCC2)cc1. The highest BCUT2D eigenvalue weighted by Crippen LogP contribution is 2.13. The molecule has 0 aliphatic carbocycles. The first-order chi connectivity index (χ1) is 9.38. The van der Waals surface area contributed by atoms with Crippen molar-refractivity contribution >= 4 is 0 Å².